The van der Waals surface area contributed by atoms with Crippen LogP contribution in [0.4, 0.5) is 0 Å². The highest BCUT2D eigenvalue weighted by Gasteiger charge is 2.14. The van der Waals surface area contributed by atoms with E-state index in [2.05, 4.69) is 0 Å². The van der Waals surface area contributed by atoms with Gasteiger partial charge in [-0.3, -0.25) is 4.79 Å². The molecule has 0 spiro atoms. The van der Waals surface area contributed by atoms with Crippen molar-refractivity contribution < 1.29 is 14.3 Å². The van der Waals surface area contributed by atoms with Gasteiger partial charge in [-0.2, -0.15) is 0 Å². The largest absolute Gasteiger partial charge is 0.465 e. The Balaban J connectivity index is 3.59. The van der Waals surface area contributed by atoms with E-state index in [4.69, 9.17) is 4.74 Å². The van der Waals surface area contributed by atoms with Gasteiger partial charge in [0.25, 0.3) is 0 Å². The zero-order chi connectivity index (χ0) is 11.0. The first kappa shape index (κ1) is 13.1. The molecule has 0 aromatic heterocycles. The number of ketones is 1. The van der Waals surface area contributed by atoms with E-state index in [0.717, 1.165) is 12.8 Å². The van der Waals surface area contributed by atoms with E-state index in [9.17, 15) is 9.59 Å². The van der Waals surface area contributed by atoms with Crippen LogP contribution in [0, 0.1) is 5.92 Å². The maximum atomic E-state index is 11.3. The van der Waals surface area contributed by atoms with Gasteiger partial charge in [0.15, 0.2) is 0 Å². The Morgan fingerprint density at radius 2 is 2.00 bits per heavy atom. The molecule has 82 valence electrons. The minimum atomic E-state index is -0.181. The Morgan fingerprint density at radius 1 is 1.36 bits per heavy atom. The van der Waals surface area contributed by atoms with Crippen molar-refractivity contribution in [3.63, 3.8) is 0 Å². The molecule has 1 unspecified atom stereocenters. The number of hydrogen-bond acceptors (Lipinski definition) is 3. The van der Waals surface area contributed by atoms with Crippen molar-refractivity contribution in [3.8, 4) is 0 Å². The highest BCUT2D eigenvalue weighted by Crippen LogP contribution is 2.08. The first-order valence-corrected chi connectivity index (χ1v) is 5.24. The van der Waals surface area contributed by atoms with Crippen LogP contribution in [0.15, 0.2) is 0 Å². The van der Waals surface area contributed by atoms with Gasteiger partial charge in [-0.15, -0.1) is 0 Å². The number of esters is 1. The van der Waals surface area contributed by atoms with Crippen molar-refractivity contribution in [2.75, 3.05) is 6.61 Å². The molecule has 0 aromatic rings. The SMILES string of the molecule is CCCCOC(=O)C(C)CCC(C)=O. The van der Waals surface area contributed by atoms with E-state index in [0.29, 0.717) is 19.4 Å². The zero-order valence-corrected chi connectivity index (χ0v) is 9.34. The van der Waals surface area contributed by atoms with Gasteiger partial charge in [-0.1, -0.05) is 20.3 Å². The first-order chi connectivity index (χ1) is 6.57. The minimum absolute atomic E-state index is 0.123. The summed E-state index contributed by atoms with van der Waals surface area (Å²) in [4.78, 5) is 22.0. The molecule has 3 nitrogen and oxygen atoms in total. The molecule has 0 heterocycles. The number of rotatable bonds is 7. The van der Waals surface area contributed by atoms with E-state index in [-0.39, 0.29) is 17.7 Å². The summed E-state index contributed by atoms with van der Waals surface area (Å²) in [6, 6.07) is 0. The van der Waals surface area contributed by atoms with Crippen molar-refractivity contribution in [1.82, 2.24) is 0 Å². The predicted octanol–water partition coefficient (Wildman–Crippen LogP) is 2.33. The van der Waals surface area contributed by atoms with Gasteiger partial charge >= 0.3 is 5.97 Å². The molecule has 0 bridgehead atoms. The molecule has 0 saturated carbocycles. The Labute approximate surface area is 85.8 Å². The summed E-state index contributed by atoms with van der Waals surface area (Å²) < 4.78 is 5.03. The molecule has 0 aliphatic heterocycles. The molecule has 0 amide bonds. The number of ether oxygens (including phenoxy) is 1. The molecule has 0 aliphatic rings. The highest BCUT2D eigenvalue weighted by atomic mass is 16.5. The Morgan fingerprint density at radius 3 is 2.50 bits per heavy atom. The summed E-state index contributed by atoms with van der Waals surface area (Å²) in [6.07, 6.45) is 2.99. The summed E-state index contributed by atoms with van der Waals surface area (Å²) in [7, 11) is 0. The van der Waals surface area contributed by atoms with Gasteiger partial charge in [-0.05, 0) is 19.8 Å². The van der Waals surface area contributed by atoms with Crippen LogP contribution in [0.5, 0.6) is 0 Å². The number of unbranched alkanes of at least 4 members (excludes halogenated alkanes) is 1. The second kappa shape index (κ2) is 7.54. The molecule has 0 rings (SSSR count). The molecule has 0 saturated heterocycles. The fourth-order valence-electron chi connectivity index (χ4n) is 0.997. The predicted molar refractivity (Wildman–Crippen MR) is 54.9 cm³/mol. The van der Waals surface area contributed by atoms with Gasteiger partial charge in [0.2, 0.25) is 0 Å². The van der Waals surface area contributed by atoms with E-state index in [1.54, 1.807) is 6.92 Å². The van der Waals surface area contributed by atoms with Gasteiger partial charge in [-0.25, -0.2) is 0 Å². The average Bonchev–Trinajstić information content (AvgIpc) is 2.14. The lowest BCUT2D eigenvalue weighted by atomic mass is 10.0. The first-order valence-electron chi connectivity index (χ1n) is 5.24. The topological polar surface area (TPSA) is 43.4 Å². The zero-order valence-electron chi connectivity index (χ0n) is 9.34. The van der Waals surface area contributed by atoms with Gasteiger partial charge in [0, 0.05) is 6.42 Å². The molecule has 14 heavy (non-hydrogen) atoms. The summed E-state index contributed by atoms with van der Waals surface area (Å²) in [5, 5.41) is 0. The summed E-state index contributed by atoms with van der Waals surface area (Å²) in [5.41, 5.74) is 0. The van der Waals surface area contributed by atoms with Crippen LogP contribution in [0.1, 0.15) is 46.5 Å². The molecule has 1 atom stereocenters. The molecule has 0 aliphatic carbocycles. The maximum absolute atomic E-state index is 11.3. The highest BCUT2D eigenvalue weighted by molar-refractivity contribution is 5.77. The summed E-state index contributed by atoms with van der Waals surface area (Å²) >= 11 is 0. The van der Waals surface area contributed by atoms with E-state index in [1.807, 2.05) is 6.92 Å². The fourth-order valence-corrected chi connectivity index (χ4v) is 0.997. The van der Waals surface area contributed by atoms with Crippen molar-refractivity contribution >= 4 is 11.8 Å². The Hall–Kier alpha value is -0.860. The van der Waals surface area contributed by atoms with E-state index in [1.165, 1.54) is 6.92 Å². The fraction of sp³-hybridized carbons (Fsp3) is 0.818. The monoisotopic (exact) mass is 200 g/mol. The lowest BCUT2D eigenvalue weighted by Crippen LogP contribution is -2.16. The van der Waals surface area contributed by atoms with Crippen LogP contribution in [0.2, 0.25) is 0 Å². The van der Waals surface area contributed by atoms with Crippen LogP contribution < -0.4 is 0 Å². The normalized spacial score (nSPS) is 12.2. The average molecular weight is 200 g/mol. The second-order valence-electron chi connectivity index (χ2n) is 3.66. The third kappa shape index (κ3) is 6.63. The summed E-state index contributed by atoms with van der Waals surface area (Å²) in [5.74, 6) is -0.214. The lowest BCUT2D eigenvalue weighted by molar-refractivity contribution is -0.148. The number of carbonyl (C=O) groups is 2. The minimum Gasteiger partial charge on any atom is -0.465 e. The Kier molecular flexibility index (Phi) is 7.07. The van der Waals surface area contributed by atoms with E-state index < -0.39 is 0 Å². The molecule has 0 radical (unpaired) electrons. The Bertz CT molecular complexity index is 187. The lowest BCUT2D eigenvalue weighted by Gasteiger charge is -2.09. The van der Waals surface area contributed by atoms with Crippen molar-refractivity contribution in [2.45, 2.75) is 46.5 Å². The van der Waals surface area contributed by atoms with Crippen molar-refractivity contribution in [1.29, 1.82) is 0 Å². The van der Waals surface area contributed by atoms with Crippen LogP contribution in [0.3, 0.4) is 0 Å². The van der Waals surface area contributed by atoms with Crippen molar-refractivity contribution in [2.24, 2.45) is 5.92 Å². The maximum Gasteiger partial charge on any atom is 0.308 e. The molecule has 3 heteroatoms. The molecular weight excluding hydrogens is 180 g/mol. The third-order valence-corrected chi connectivity index (χ3v) is 2.07. The van der Waals surface area contributed by atoms with Crippen LogP contribution in [-0.2, 0) is 14.3 Å². The molecular formula is C11H20O3. The van der Waals surface area contributed by atoms with Gasteiger partial charge in [0.1, 0.15) is 5.78 Å². The van der Waals surface area contributed by atoms with Gasteiger partial charge < -0.3 is 9.53 Å². The summed E-state index contributed by atoms with van der Waals surface area (Å²) in [6.45, 7) is 5.89. The smallest absolute Gasteiger partial charge is 0.308 e. The third-order valence-electron chi connectivity index (χ3n) is 2.07. The van der Waals surface area contributed by atoms with Crippen molar-refractivity contribution in [3.05, 3.63) is 0 Å². The van der Waals surface area contributed by atoms with Crippen LogP contribution in [0.25, 0.3) is 0 Å². The molecule has 0 fully saturated rings. The molecule has 0 N–H and O–H groups in total. The second-order valence-corrected chi connectivity index (χ2v) is 3.66. The van der Waals surface area contributed by atoms with E-state index >= 15 is 0 Å². The van der Waals surface area contributed by atoms with Crippen LogP contribution >= 0.6 is 0 Å². The number of hydrogen-bond donors (Lipinski definition) is 0. The number of carbonyl (C=O) groups excluding carboxylic acids is 2. The quantitative estimate of drug-likeness (QED) is 0.468. The van der Waals surface area contributed by atoms with Gasteiger partial charge in [0.05, 0.1) is 12.5 Å². The standard InChI is InChI=1S/C11H20O3/c1-4-5-8-14-11(13)9(2)6-7-10(3)12/h9H,4-8H2,1-3H3. The molecule has 0 aromatic carbocycles. The number of Topliss-reactive ketones (excluding diaryl/α,β-unsaturated/α-hetero) is 1. The van der Waals surface area contributed by atoms with Crippen LogP contribution in [-0.4, -0.2) is 18.4 Å².